The molecule has 1 aromatic heterocycles. The van der Waals surface area contributed by atoms with Crippen molar-refractivity contribution in [2.45, 2.75) is 0 Å². The average molecular weight is 266 g/mol. The topological polar surface area (TPSA) is 50.0 Å². The van der Waals surface area contributed by atoms with Crippen molar-refractivity contribution in [1.82, 2.24) is 4.98 Å². The van der Waals surface area contributed by atoms with Crippen LogP contribution in [0.25, 0.3) is 0 Å². The van der Waals surface area contributed by atoms with Gasteiger partial charge in [0.1, 0.15) is 5.36 Å². The SMILES string of the molecule is C=C1N=c2cnccc2=NCC2=C(C=C=CN=C2)S1. The summed E-state index contributed by atoms with van der Waals surface area (Å²) in [6, 6.07) is 1.85. The van der Waals surface area contributed by atoms with Gasteiger partial charge in [-0.3, -0.25) is 15.0 Å². The zero-order valence-electron chi connectivity index (χ0n) is 10.1. The summed E-state index contributed by atoms with van der Waals surface area (Å²) < 4.78 is 0. The zero-order valence-corrected chi connectivity index (χ0v) is 10.9. The minimum atomic E-state index is 0.553. The standard InChI is InChI=1S/C14H10N4S/c1-10-18-13-9-16-6-4-12(13)17-8-11-7-15-5-2-3-14(11)19-10/h3-7,9H,1,8H2. The van der Waals surface area contributed by atoms with Crippen LogP contribution in [0.1, 0.15) is 0 Å². The fourth-order valence-corrected chi connectivity index (χ4v) is 2.48. The fraction of sp³-hybridized carbons (Fsp3) is 0.0714. The molecular formula is C14H10N4S. The average Bonchev–Trinajstić information content (AvgIpc) is 2.59. The molecule has 0 spiro atoms. The summed E-state index contributed by atoms with van der Waals surface area (Å²) in [4.78, 5) is 18.3. The summed E-state index contributed by atoms with van der Waals surface area (Å²) in [5.41, 5.74) is 4.03. The van der Waals surface area contributed by atoms with E-state index in [0.717, 1.165) is 21.2 Å². The van der Waals surface area contributed by atoms with E-state index in [9.17, 15) is 0 Å². The molecule has 92 valence electrons. The smallest absolute Gasteiger partial charge is 0.108 e. The Morgan fingerprint density at radius 1 is 1.32 bits per heavy atom. The van der Waals surface area contributed by atoms with E-state index < -0.39 is 0 Å². The van der Waals surface area contributed by atoms with Crippen LogP contribution in [0.4, 0.5) is 0 Å². The van der Waals surface area contributed by atoms with Crippen molar-refractivity contribution < 1.29 is 0 Å². The number of rotatable bonds is 0. The van der Waals surface area contributed by atoms with Crippen molar-refractivity contribution in [3.8, 4) is 0 Å². The largest absolute Gasteiger partial charge is 0.278 e. The van der Waals surface area contributed by atoms with E-state index in [1.807, 2.05) is 18.4 Å². The summed E-state index contributed by atoms with van der Waals surface area (Å²) in [6.45, 7) is 4.52. The van der Waals surface area contributed by atoms with Gasteiger partial charge in [0.05, 0.1) is 29.3 Å². The summed E-state index contributed by atoms with van der Waals surface area (Å²) in [7, 11) is 0. The molecular weight excluding hydrogens is 256 g/mol. The molecule has 0 fully saturated rings. The molecule has 4 nitrogen and oxygen atoms in total. The Bertz CT molecular complexity index is 780. The maximum Gasteiger partial charge on any atom is 0.108 e. The molecule has 0 N–H and O–H groups in total. The number of allylic oxidation sites excluding steroid dienone is 1. The maximum absolute atomic E-state index is 4.57. The third kappa shape index (κ3) is 2.62. The summed E-state index contributed by atoms with van der Waals surface area (Å²) in [6.07, 6.45) is 8.74. The van der Waals surface area contributed by atoms with Crippen molar-refractivity contribution in [1.29, 1.82) is 0 Å². The Morgan fingerprint density at radius 3 is 3.21 bits per heavy atom. The first-order chi connectivity index (χ1) is 9.33. The first kappa shape index (κ1) is 11.8. The molecule has 0 radical (unpaired) electrons. The lowest BCUT2D eigenvalue weighted by molar-refractivity contribution is 1.06. The molecule has 19 heavy (non-hydrogen) atoms. The van der Waals surface area contributed by atoms with E-state index in [0.29, 0.717) is 11.6 Å². The molecule has 0 unspecified atom stereocenters. The lowest BCUT2D eigenvalue weighted by Gasteiger charge is -2.03. The molecule has 0 aromatic carbocycles. The molecule has 1 aromatic rings. The number of aromatic nitrogens is 1. The second kappa shape index (κ2) is 5.18. The predicted octanol–water partition coefficient (Wildman–Crippen LogP) is 1.55. The highest BCUT2D eigenvalue weighted by atomic mass is 32.2. The Hall–Kier alpha value is -2.23. The van der Waals surface area contributed by atoms with Crippen LogP contribution in [0.5, 0.6) is 0 Å². The molecule has 0 saturated carbocycles. The Morgan fingerprint density at radius 2 is 2.26 bits per heavy atom. The molecule has 0 saturated heterocycles. The van der Waals surface area contributed by atoms with E-state index in [4.69, 9.17) is 0 Å². The summed E-state index contributed by atoms with van der Waals surface area (Å²) >= 11 is 1.50. The van der Waals surface area contributed by atoms with Gasteiger partial charge in [-0.1, -0.05) is 24.1 Å². The minimum absolute atomic E-state index is 0.553. The van der Waals surface area contributed by atoms with Gasteiger partial charge in [-0.05, 0) is 12.1 Å². The number of hydrogen-bond acceptors (Lipinski definition) is 5. The highest BCUT2D eigenvalue weighted by Gasteiger charge is 2.08. The quantitative estimate of drug-likeness (QED) is 0.669. The fourth-order valence-electron chi connectivity index (χ4n) is 1.71. The van der Waals surface area contributed by atoms with Crippen LogP contribution >= 0.6 is 11.8 Å². The van der Waals surface area contributed by atoms with Crippen molar-refractivity contribution >= 4 is 18.0 Å². The molecule has 2 aliphatic rings. The predicted molar refractivity (Wildman–Crippen MR) is 76.3 cm³/mol. The van der Waals surface area contributed by atoms with Crippen molar-refractivity contribution in [3.05, 3.63) is 69.3 Å². The van der Waals surface area contributed by atoms with Gasteiger partial charge in [0.25, 0.3) is 0 Å². The van der Waals surface area contributed by atoms with Crippen LogP contribution in [0.3, 0.4) is 0 Å². The van der Waals surface area contributed by atoms with Crippen LogP contribution in [0.2, 0.25) is 0 Å². The van der Waals surface area contributed by atoms with Gasteiger partial charge in [0, 0.05) is 22.9 Å². The van der Waals surface area contributed by atoms with E-state index >= 15 is 0 Å². The van der Waals surface area contributed by atoms with Crippen molar-refractivity contribution in [2.75, 3.05) is 6.54 Å². The molecule has 5 heteroatoms. The van der Waals surface area contributed by atoms with Gasteiger partial charge in [-0.25, -0.2) is 4.99 Å². The number of nitrogens with zero attached hydrogens (tertiary/aromatic N) is 4. The molecule has 0 atom stereocenters. The molecule has 3 rings (SSSR count). The number of aliphatic imine (C=N–C) groups is 1. The lowest BCUT2D eigenvalue weighted by atomic mass is 10.2. The van der Waals surface area contributed by atoms with Gasteiger partial charge >= 0.3 is 0 Å². The third-order valence-electron chi connectivity index (χ3n) is 2.58. The normalized spacial score (nSPS) is 17.4. The maximum atomic E-state index is 4.57. The van der Waals surface area contributed by atoms with Crippen LogP contribution in [-0.2, 0) is 0 Å². The van der Waals surface area contributed by atoms with Gasteiger partial charge in [0.15, 0.2) is 0 Å². The highest BCUT2D eigenvalue weighted by Crippen LogP contribution is 2.28. The van der Waals surface area contributed by atoms with Crippen molar-refractivity contribution in [2.24, 2.45) is 15.0 Å². The number of hydrogen-bond donors (Lipinski definition) is 0. The zero-order chi connectivity index (χ0) is 13.1. The molecule has 0 amide bonds. The van der Waals surface area contributed by atoms with Crippen LogP contribution < -0.4 is 10.7 Å². The second-order valence-electron chi connectivity index (χ2n) is 3.90. The Kier molecular flexibility index (Phi) is 3.23. The lowest BCUT2D eigenvalue weighted by Crippen LogP contribution is -2.25. The van der Waals surface area contributed by atoms with Crippen molar-refractivity contribution in [3.63, 3.8) is 0 Å². The van der Waals surface area contributed by atoms with E-state index in [1.165, 1.54) is 11.8 Å². The van der Waals surface area contributed by atoms with E-state index in [1.54, 1.807) is 18.6 Å². The van der Waals surface area contributed by atoms with Gasteiger partial charge in [-0.2, -0.15) is 0 Å². The van der Waals surface area contributed by atoms with Gasteiger partial charge in [-0.15, -0.1) is 0 Å². The van der Waals surface area contributed by atoms with Crippen LogP contribution in [-0.4, -0.2) is 17.7 Å². The highest BCUT2D eigenvalue weighted by molar-refractivity contribution is 8.06. The molecule has 0 aliphatic carbocycles. The first-order valence-corrected chi connectivity index (χ1v) is 6.52. The second-order valence-corrected chi connectivity index (χ2v) is 5.01. The van der Waals surface area contributed by atoms with Gasteiger partial charge in [0.2, 0.25) is 0 Å². The number of thioether (sulfide) groups is 1. The van der Waals surface area contributed by atoms with Crippen LogP contribution in [0, 0.1) is 0 Å². The van der Waals surface area contributed by atoms with E-state index in [-0.39, 0.29) is 0 Å². The summed E-state index contributed by atoms with van der Waals surface area (Å²) in [5, 5.41) is 2.27. The van der Waals surface area contributed by atoms with Crippen LogP contribution in [0.15, 0.2) is 73.5 Å². The monoisotopic (exact) mass is 266 g/mol. The van der Waals surface area contributed by atoms with E-state index in [2.05, 4.69) is 32.3 Å². The molecule has 3 heterocycles. The third-order valence-corrected chi connectivity index (χ3v) is 3.51. The summed E-state index contributed by atoms with van der Waals surface area (Å²) in [5.74, 6) is 0. The Labute approximate surface area is 114 Å². The number of fused-ring (bicyclic) bond motifs is 1. The van der Waals surface area contributed by atoms with Gasteiger partial charge < -0.3 is 0 Å². The number of pyridine rings is 1. The Balaban J connectivity index is 2.18. The molecule has 0 bridgehead atoms. The minimum Gasteiger partial charge on any atom is -0.278 e. The first-order valence-electron chi connectivity index (χ1n) is 5.70. The molecule has 2 aliphatic heterocycles.